The monoisotopic (exact) mass is 272 g/mol. The Kier molecular flexibility index (Phi) is 9.02. The Morgan fingerprint density at radius 1 is 1.42 bits per heavy atom. The number of carbonyl (C=O) groups excluding carboxylic acids is 1. The third-order valence-corrected chi connectivity index (χ3v) is 3.97. The van der Waals surface area contributed by atoms with Gasteiger partial charge in [-0.25, -0.2) is 0 Å². The molecule has 114 valence electrons. The fourth-order valence-electron chi connectivity index (χ4n) is 2.17. The van der Waals surface area contributed by atoms with Crippen LogP contribution in [0.25, 0.3) is 0 Å². The number of likely N-dealkylation sites (N-methyl/N-ethyl adjacent to an activating group) is 1. The number of methoxy groups -OCH3 is 1. The smallest absolute Gasteiger partial charge is 0.325 e. The van der Waals surface area contributed by atoms with Gasteiger partial charge in [-0.1, -0.05) is 20.3 Å². The van der Waals surface area contributed by atoms with Crippen molar-refractivity contribution >= 4 is 5.97 Å². The molecule has 2 atom stereocenters. The van der Waals surface area contributed by atoms with Crippen LogP contribution in [-0.2, 0) is 9.53 Å². The number of unbranched alkanes of at least 4 members (excludes halogenated alkanes) is 1. The van der Waals surface area contributed by atoms with Crippen molar-refractivity contribution in [3.63, 3.8) is 0 Å². The summed E-state index contributed by atoms with van der Waals surface area (Å²) in [6.07, 6.45) is 4.18. The molecular formula is C15H32N2O2. The van der Waals surface area contributed by atoms with E-state index in [0.717, 1.165) is 38.3 Å². The molecule has 4 nitrogen and oxygen atoms in total. The van der Waals surface area contributed by atoms with Gasteiger partial charge in [0.2, 0.25) is 0 Å². The van der Waals surface area contributed by atoms with Crippen molar-refractivity contribution in [2.45, 2.75) is 52.0 Å². The first kappa shape index (κ1) is 18.4. The van der Waals surface area contributed by atoms with Crippen molar-refractivity contribution in [1.82, 2.24) is 10.2 Å². The van der Waals surface area contributed by atoms with Gasteiger partial charge in [0.25, 0.3) is 0 Å². The zero-order chi connectivity index (χ0) is 14.9. The molecule has 4 heteroatoms. The molecule has 0 saturated heterocycles. The van der Waals surface area contributed by atoms with Crippen LogP contribution in [0.3, 0.4) is 0 Å². The number of esters is 1. The summed E-state index contributed by atoms with van der Waals surface area (Å²) in [7, 11) is 5.42. The van der Waals surface area contributed by atoms with E-state index in [-0.39, 0.29) is 5.97 Å². The van der Waals surface area contributed by atoms with E-state index in [1.807, 2.05) is 14.0 Å². The zero-order valence-electron chi connectivity index (χ0n) is 13.6. The number of nitrogens with one attached hydrogen (secondary N) is 1. The quantitative estimate of drug-likeness (QED) is 0.489. The number of ether oxygens (including phenoxy) is 1. The van der Waals surface area contributed by atoms with E-state index in [2.05, 4.69) is 31.1 Å². The number of nitrogens with zero attached hydrogens (tertiary/aromatic N) is 1. The van der Waals surface area contributed by atoms with E-state index in [0.29, 0.717) is 0 Å². The highest BCUT2D eigenvalue weighted by Crippen LogP contribution is 2.15. The third kappa shape index (κ3) is 6.92. The highest BCUT2D eigenvalue weighted by Gasteiger charge is 2.31. The molecule has 0 aromatic carbocycles. The van der Waals surface area contributed by atoms with Crippen LogP contribution in [0.2, 0.25) is 0 Å². The molecule has 0 rings (SSSR count). The lowest BCUT2D eigenvalue weighted by molar-refractivity contribution is -0.148. The molecule has 1 N–H and O–H groups in total. The Morgan fingerprint density at radius 3 is 2.53 bits per heavy atom. The minimum Gasteiger partial charge on any atom is -0.468 e. The van der Waals surface area contributed by atoms with Crippen LogP contribution < -0.4 is 5.32 Å². The molecule has 2 unspecified atom stereocenters. The van der Waals surface area contributed by atoms with E-state index in [9.17, 15) is 4.79 Å². The lowest BCUT2D eigenvalue weighted by Crippen LogP contribution is -2.48. The Morgan fingerprint density at radius 2 is 2.05 bits per heavy atom. The molecule has 0 spiro atoms. The van der Waals surface area contributed by atoms with Gasteiger partial charge >= 0.3 is 5.97 Å². The molecule has 0 heterocycles. The van der Waals surface area contributed by atoms with Crippen LogP contribution >= 0.6 is 0 Å². The molecule has 0 amide bonds. The van der Waals surface area contributed by atoms with E-state index >= 15 is 0 Å². The Bertz CT molecular complexity index is 259. The van der Waals surface area contributed by atoms with Crippen molar-refractivity contribution < 1.29 is 9.53 Å². The molecule has 0 radical (unpaired) electrons. The van der Waals surface area contributed by atoms with Gasteiger partial charge in [-0.3, -0.25) is 4.79 Å². The van der Waals surface area contributed by atoms with Crippen LogP contribution in [0, 0.1) is 5.92 Å². The van der Waals surface area contributed by atoms with Crippen LogP contribution in [-0.4, -0.2) is 50.7 Å². The van der Waals surface area contributed by atoms with E-state index in [1.165, 1.54) is 13.5 Å². The largest absolute Gasteiger partial charge is 0.468 e. The van der Waals surface area contributed by atoms with Crippen LogP contribution in [0.5, 0.6) is 0 Å². The molecule has 19 heavy (non-hydrogen) atoms. The summed E-state index contributed by atoms with van der Waals surface area (Å²) in [5.41, 5.74) is -0.552. The number of hydrogen-bond acceptors (Lipinski definition) is 4. The lowest BCUT2D eigenvalue weighted by Gasteiger charge is -2.26. The van der Waals surface area contributed by atoms with Crippen LogP contribution in [0.1, 0.15) is 46.5 Å². The Hall–Kier alpha value is -0.610. The highest BCUT2D eigenvalue weighted by molar-refractivity contribution is 5.80. The Balaban J connectivity index is 3.92. The standard InChI is InChI=1S/C15H32N2O2/c1-7-13(2)12-17(5)11-9-8-10-15(3,16-4)14(18)19-6/h13,16H,7-12H2,1-6H3. The first-order valence-corrected chi connectivity index (χ1v) is 7.35. The first-order valence-electron chi connectivity index (χ1n) is 7.35. The predicted molar refractivity (Wildman–Crippen MR) is 80.3 cm³/mol. The summed E-state index contributed by atoms with van der Waals surface area (Å²) in [5.74, 6) is 0.575. The summed E-state index contributed by atoms with van der Waals surface area (Å²) >= 11 is 0. The SMILES string of the molecule is CCC(C)CN(C)CCCCC(C)(NC)C(=O)OC. The number of rotatable bonds is 10. The maximum atomic E-state index is 11.7. The molecule has 0 aromatic heterocycles. The molecule has 0 aliphatic rings. The second-order valence-corrected chi connectivity index (χ2v) is 5.81. The first-order chi connectivity index (χ1) is 8.89. The van der Waals surface area contributed by atoms with Crippen molar-refractivity contribution in [1.29, 1.82) is 0 Å². The number of carbonyl (C=O) groups is 1. The fourth-order valence-corrected chi connectivity index (χ4v) is 2.17. The lowest BCUT2D eigenvalue weighted by atomic mass is 9.95. The second-order valence-electron chi connectivity index (χ2n) is 5.81. The fraction of sp³-hybridized carbons (Fsp3) is 0.933. The van der Waals surface area contributed by atoms with E-state index in [4.69, 9.17) is 4.74 Å². The predicted octanol–water partition coefficient (Wildman–Crippen LogP) is 2.29. The van der Waals surface area contributed by atoms with Crippen molar-refractivity contribution in [2.24, 2.45) is 5.92 Å². The van der Waals surface area contributed by atoms with Gasteiger partial charge in [0.1, 0.15) is 5.54 Å². The Labute approximate surface area is 118 Å². The second kappa shape index (κ2) is 9.32. The molecule has 0 aliphatic carbocycles. The molecule has 0 saturated carbocycles. The maximum Gasteiger partial charge on any atom is 0.325 e. The molecule has 0 fully saturated rings. The summed E-state index contributed by atoms with van der Waals surface area (Å²) in [5, 5.41) is 3.07. The van der Waals surface area contributed by atoms with Gasteiger partial charge in [0.15, 0.2) is 0 Å². The molecular weight excluding hydrogens is 240 g/mol. The number of hydrogen-bond donors (Lipinski definition) is 1. The maximum absolute atomic E-state index is 11.7. The summed E-state index contributed by atoms with van der Waals surface area (Å²) in [6.45, 7) is 8.66. The van der Waals surface area contributed by atoms with Crippen LogP contribution in [0.15, 0.2) is 0 Å². The van der Waals surface area contributed by atoms with Gasteiger partial charge in [-0.15, -0.1) is 0 Å². The zero-order valence-corrected chi connectivity index (χ0v) is 13.6. The van der Waals surface area contributed by atoms with Crippen LogP contribution in [0.4, 0.5) is 0 Å². The van der Waals surface area contributed by atoms with Gasteiger partial charge < -0.3 is 15.0 Å². The summed E-state index contributed by atoms with van der Waals surface area (Å²) in [6, 6.07) is 0. The van der Waals surface area contributed by atoms with Crippen molar-refractivity contribution in [2.75, 3.05) is 34.3 Å². The van der Waals surface area contributed by atoms with Gasteiger partial charge in [0.05, 0.1) is 7.11 Å². The summed E-state index contributed by atoms with van der Waals surface area (Å²) in [4.78, 5) is 14.1. The molecule has 0 aromatic rings. The third-order valence-electron chi connectivity index (χ3n) is 3.97. The summed E-state index contributed by atoms with van der Waals surface area (Å²) < 4.78 is 4.84. The topological polar surface area (TPSA) is 41.6 Å². The molecule has 0 bridgehead atoms. The van der Waals surface area contributed by atoms with Gasteiger partial charge in [0, 0.05) is 6.54 Å². The van der Waals surface area contributed by atoms with E-state index < -0.39 is 5.54 Å². The minimum atomic E-state index is -0.552. The van der Waals surface area contributed by atoms with Crippen molar-refractivity contribution in [3.8, 4) is 0 Å². The minimum absolute atomic E-state index is 0.178. The molecule has 0 aliphatic heterocycles. The highest BCUT2D eigenvalue weighted by atomic mass is 16.5. The van der Waals surface area contributed by atoms with Crippen molar-refractivity contribution in [3.05, 3.63) is 0 Å². The average molecular weight is 272 g/mol. The van der Waals surface area contributed by atoms with Gasteiger partial charge in [-0.05, 0) is 52.7 Å². The normalized spacial score (nSPS) is 16.2. The van der Waals surface area contributed by atoms with E-state index in [1.54, 1.807) is 0 Å². The van der Waals surface area contributed by atoms with Gasteiger partial charge in [-0.2, -0.15) is 0 Å². The average Bonchev–Trinajstić information content (AvgIpc) is 2.42.